The topological polar surface area (TPSA) is 32.3 Å². The van der Waals surface area contributed by atoms with Crippen molar-refractivity contribution in [1.82, 2.24) is 5.32 Å². The van der Waals surface area contributed by atoms with Crippen molar-refractivity contribution in [3.05, 3.63) is 29.6 Å². The summed E-state index contributed by atoms with van der Waals surface area (Å²) in [5.41, 5.74) is 0.703. The lowest BCUT2D eigenvalue weighted by Gasteiger charge is -2.23. The molecule has 0 amide bonds. The van der Waals surface area contributed by atoms with Crippen LogP contribution in [0.5, 0.6) is 5.75 Å². The summed E-state index contributed by atoms with van der Waals surface area (Å²) in [5, 5.41) is 13.0. The number of hydrogen-bond donors (Lipinski definition) is 2. The Balaban J connectivity index is 2.05. The molecule has 0 saturated carbocycles. The fourth-order valence-electron chi connectivity index (χ4n) is 2.08. The predicted molar refractivity (Wildman–Crippen MR) is 57.4 cm³/mol. The van der Waals surface area contributed by atoms with E-state index >= 15 is 0 Å². The molecule has 15 heavy (non-hydrogen) atoms. The van der Waals surface area contributed by atoms with Crippen LogP contribution in [0.25, 0.3) is 0 Å². The van der Waals surface area contributed by atoms with Gasteiger partial charge in [0.2, 0.25) is 0 Å². The van der Waals surface area contributed by atoms with Gasteiger partial charge in [-0.05, 0) is 49.6 Å². The molecule has 1 unspecified atom stereocenters. The number of phenols is 1. The highest BCUT2D eigenvalue weighted by Crippen LogP contribution is 2.21. The fourth-order valence-corrected chi connectivity index (χ4v) is 2.08. The van der Waals surface area contributed by atoms with Crippen LogP contribution in [0.1, 0.15) is 24.8 Å². The van der Waals surface area contributed by atoms with E-state index in [0.29, 0.717) is 18.0 Å². The summed E-state index contributed by atoms with van der Waals surface area (Å²) in [4.78, 5) is 0. The average Bonchev–Trinajstić information content (AvgIpc) is 2.25. The zero-order chi connectivity index (χ0) is 10.7. The van der Waals surface area contributed by atoms with Crippen molar-refractivity contribution >= 4 is 0 Å². The van der Waals surface area contributed by atoms with E-state index in [1.807, 2.05) is 0 Å². The second-order valence-corrected chi connectivity index (χ2v) is 4.12. The van der Waals surface area contributed by atoms with E-state index in [9.17, 15) is 9.50 Å². The summed E-state index contributed by atoms with van der Waals surface area (Å²) in [6.45, 7) is 1.03. The first-order valence-electron chi connectivity index (χ1n) is 5.46. The summed E-state index contributed by atoms with van der Waals surface area (Å²) in [6, 6.07) is 4.51. The Hall–Kier alpha value is -1.09. The Morgan fingerprint density at radius 2 is 2.27 bits per heavy atom. The van der Waals surface area contributed by atoms with E-state index in [1.165, 1.54) is 31.0 Å². The summed E-state index contributed by atoms with van der Waals surface area (Å²) < 4.78 is 13.0. The van der Waals surface area contributed by atoms with Gasteiger partial charge in [-0.2, -0.15) is 0 Å². The van der Waals surface area contributed by atoms with Crippen molar-refractivity contribution in [2.24, 2.45) is 0 Å². The van der Waals surface area contributed by atoms with E-state index in [-0.39, 0.29) is 11.6 Å². The lowest BCUT2D eigenvalue weighted by Crippen LogP contribution is -2.35. The minimum atomic E-state index is -0.279. The largest absolute Gasteiger partial charge is 0.508 e. The number of halogens is 1. The molecule has 1 saturated heterocycles. The van der Waals surface area contributed by atoms with Gasteiger partial charge in [-0.1, -0.05) is 6.42 Å². The minimum Gasteiger partial charge on any atom is -0.508 e. The fraction of sp³-hybridized carbons (Fsp3) is 0.500. The van der Waals surface area contributed by atoms with Gasteiger partial charge in [0.1, 0.15) is 11.6 Å². The molecular weight excluding hydrogens is 193 g/mol. The van der Waals surface area contributed by atoms with E-state index in [2.05, 4.69) is 5.32 Å². The van der Waals surface area contributed by atoms with Crippen molar-refractivity contribution in [2.45, 2.75) is 31.7 Å². The molecular formula is C12H16FNO. The molecule has 0 bridgehead atoms. The van der Waals surface area contributed by atoms with Crippen molar-refractivity contribution in [3.8, 4) is 5.75 Å². The molecule has 0 radical (unpaired) electrons. The summed E-state index contributed by atoms with van der Waals surface area (Å²) in [5.74, 6) is -0.0811. The molecule has 3 heteroatoms. The third kappa shape index (κ3) is 2.69. The van der Waals surface area contributed by atoms with Gasteiger partial charge in [0, 0.05) is 6.04 Å². The minimum absolute atomic E-state index is 0.198. The number of phenolic OH excluding ortho intramolecular Hbond substituents is 1. The molecule has 1 aliphatic heterocycles. The molecule has 82 valence electrons. The molecule has 1 aromatic carbocycles. The van der Waals surface area contributed by atoms with Gasteiger partial charge in [0.05, 0.1) is 0 Å². The van der Waals surface area contributed by atoms with Gasteiger partial charge in [-0.15, -0.1) is 0 Å². The third-order valence-electron chi connectivity index (χ3n) is 2.92. The number of aromatic hydroxyl groups is 1. The van der Waals surface area contributed by atoms with Crippen molar-refractivity contribution in [3.63, 3.8) is 0 Å². The zero-order valence-corrected chi connectivity index (χ0v) is 8.67. The maximum Gasteiger partial charge on any atom is 0.123 e. The molecule has 0 spiro atoms. The number of benzene rings is 1. The van der Waals surface area contributed by atoms with Crippen molar-refractivity contribution < 1.29 is 9.50 Å². The maximum atomic E-state index is 13.0. The second kappa shape index (κ2) is 4.62. The number of piperidine rings is 1. The van der Waals surface area contributed by atoms with Crippen molar-refractivity contribution in [1.29, 1.82) is 0 Å². The first-order valence-corrected chi connectivity index (χ1v) is 5.46. The van der Waals surface area contributed by atoms with Crippen LogP contribution in [-0.4, -0.2) is 17.7 Å². The maximum absolute atomic E-state index is 13.0. The van der Waals surface area contributed by atoms with Gasteiger partial charge in [0.15, 0.2) is 0 Å². The molecule has 1 fully saturated rings. The molecule has 1 atom stereocenters. The van der Waals surface area contributed by atoms with Crippen LogP contribution in [0.15, 0.2) is 18.2 Å². The van der Waals surface area contributed by atoms with Crippen LogP contribution >= 0.6 is 0 Å². The van der Waals surface area contributed by atoms with Gasteiger partial charge < -0.3 is 10.4 Å². The molecule has 2 nitrogen and oxygen atoms in total. The second-order valence-electron chi connectivity index (χ2n) is 4.12. The molecule has 1 aromatic rings. The standard InChI is InChI=1S/C12H16FNO/c13-10-4-5-12(15)9(7-10)8-11-3-1-2-6-14-11/h4-5,7,11,14-15H,1-3,6,8H2. The van der Waals surface area contributed by atoms with E-state index in [0.717, 1.165) is 13.0 Å². The number of hydrogen-bond acceptors (Lipinski definition) is 2. The normalized spacial score (nSPS) is 21.5. The highest BCUT2D eigenvalue weighted by Gasteiger charge is 2.15. The Kier molecular flexibility index (Phi) is 3.21. The van der Waals surface area contributed by atoms with E-state index in [1.54, 1.807) is 0 Å². The predicted octanol–water partition coefficient (Wildman–Crippen LogP) is 2.22. The van der Waals surface area contributed by atoms with E-state index in [4.69, 9.17) is 0 Å². The monoisotopic (exact) mass is 209 g/mol. The molecule has 0 aromatic heterocycles. The first-order chi connectivity index (χ1) is 7.25. The highest BCUT2D eigenvalue weighted by molar-refractivity contribution is 5.33. The lowest BCUT2D eigenvalue weighted by atomic mass is 9.97. The van der Waals surface area contributed by atoms with Crippen LogP contribution < -0.4 is 5.32 Å². The molecule has 2 rings (SSSR count). The van der Waals surface area contributed by atoms with Crippen LogP contribution in [-0.2, 0) is 6.42 Å². The molecule has 0 aliphatic carbocycles. The van der Waals surface area contributed by atoms with E-state index < -0.39 is 0 Å². The molecule has 1 aliphatic rings. The number of nitrogens with one attached hydrogen (secondary N) is 1. The van der Waals surface area contributed by atoms with Crippen LogP contribution in [0.2, 0.25) is 0 Å². The summed E-state index contributed by atoms with van der Waals surface area (Å²) in [6.07, 6.45) is 4.25. The summed E-state index contributed by atoms with van der Waals surface area (Å²) in [7, 11) is 0. The van der Waals surface area contributed by atoms with Gasteiger partial charge in [0.25, 0.3) is 0 Å². The third-order valence-corrected chi connectivity index (χ3v) is 2.92. The Morgan fingerprint density at radius 1 is 1.40 bits per heavy atom. The highest BCUT2D eigenvalue weighted by atomic mass is 19.1. The van der Waals surface area contributed by atoms with Gasteiger partial charge in [-0.3, -0.25) is 0 Å². The van der Waals surface area contributed by atoms with Gasteiger partial charge in [-0.25, -0.2) is 4.39 Å². The Bertz CT molecular complexity index is 334. The quantitative estimate of drug-likeness (QED) is 0.782. The van der Waals surface area contributed by atoms with Crippen LogP contribution in [0.3, 0.4) is 0 Å². The Morgan fingerprint density at radius 3 is 3.00 bits per heavy atom. The first kappa shape index (κ1) is 10.4. The Labute approximate surface area is 89.1 Å². The molecule has 1 heterocycles. The van der Waals surface area contributed by atoms with Gasteiger partial charge >= 0.3 is 0 Å². The van der Waals surface area contributed by atoms with Crippen LogP contribution in [0, 0.1) is 5.82 Å². The smallest absolute Gasteiger partial charge is 0.123 e. The molecule has 2 N–H and O–H groups in total. The average molecular weight is 209 g/mol. The number of rotatable bonds is 2. The van der Waals surface area contributed by atoms with Crippen molar-refractivity contribution in [2.75, 3.05) is 6.54 Å². The SMILES string of the molecule is Oc1ccc(F)cc1CC1CCCCN1. The zero-order valence-electron chi connectivity index (χ0n) is 8.67. The van der Waals surface area contributed by atoms with Crippen LogP contribution in [0.4, 0.5) is 4.39 Å². The summed E-state index contributed by atoms with van der Waals surface area (Å²) >= 11 is 0. The lowest BCUT2D eigenvalue weighted by molar-refractivity contribution is 0.391.